The van der Waals surface area contributed by atoms with E-state index in [1.165, 1.54) is 11.6 Å². The number of rotatable bonds is 4. The molecular formula is C21H19FN2S. The molecule has 0 radical (unpaired) electrons. The Balaban J connectivity index is 1.85. The van der Waals surface area contributed by atoms with E-state index in [1.54, 1.807) is 18.2 Å². The van der Waals surface area contributed by atoms with Gasteiger partial charge in [0.15, 0.2) is 5.11 Å². The number of hydrogen-bond acceptors (Lipinski definition) is 1. The van der Waals surface area contributed by atoms with Crippen LogP contribution in [0.4, 0.5) is 10.1 Å². The topological polar surface area (TPSA) is 24.1 Å². The molecule has 0 saturated heterocycles. The quantitative estimate of drug-likeness (QED) is 0.632. The molecule has 3 aromatic rings. The van der Waals surface area contributed by atoms with E-state index in [0.717, 1.165) is 11.1 Å². The summed E-state index contributed by atoms with van der Waals surface area (Å²) in [5.74, 6) is -0.335. The van der Waals surface area contributed by atoms with Gasteiger partial charge in [-0.15, -0.1) is 0 Å². The molecule has 0 amide bonds. The van der Waals surface area contributed by atoms with Gasteiger partial charge in [-0.05, 0) is 42.4 Å². The van der Waals surface area contributed by atoms with Gasteiger partial charge in [-0.1, -0.05) is 72.3 Å². The summed E-state index contributed by atoms with van der Waals surface area (Å²) in [6.45, 7) is 2.06. The van der Waals surface area contributed by atoms with Gasteiger partial charge in [0, 0.05) is 0 Å². The molecule has 0 aliphatic rings. The Kier molecular flexibility index (Phi) is 5.41. The first-order valence-electron chi connectivity index (χ1n) is 8.07. The minimum atomic E-state index is -0.335. The van der Waals surface area contributed by atoms with Crippen molar-refractivity contribution in [1.29, 1.82) is 0 Å². The summed E-state index contributed by atoms with van der Waals surface area (Å²) in [5.41, 5.74) is 3.72. The summed E-state index contributed by atoms with van der Waals surface area (Å²) >= 11 is 5.42. The average Bonchev–Trinajstić information content (AvgIpc) is 2.62. The van der Waals surface area contributed by atoms with Crippen LogP contribution in [0.15, 0.2) is 78.9 Å². The number of halogens is 1. The Hall–Kier alpha value is -2.72. The zero-order valence-electron chi connectivity index (χ0n) is 13.9. The van der Waals surface area contributed by atoms with Crippen molar-refractivity contribution < 1.29 is 4.39 Å². The van der Waals surface area contributed by atoms with E-state index in [2.05, 4.69) is 35.8 Å². The van der Waals surface area contributed by atoms with Crippen LogP contribution < -0.4 is 10.6 Å². The number of nitrogens with one attached hydrogen (secondary N) is 2. The van der Waals surface area contributed by atoms with Gasteiger partial charge in [0.2, 0.25) is 0 Å². The molecule has 1 unspecified atom stereocenters. The maximum absolute atomic E-state index is 13.8. The molecule has 0 spiro atoms. The summed E-state index contributed by atoms with van der Waals surface area (Å²) in [4.78, 5) is 0. The first-order valence-corrected chi connectivity index (χ1v) is 8.48. The van der Waals surface area contributed by atoms with E-state index in [9.17, 15) is 4.39 Å². The van der Waals surface area contributed by atoms with Crippen molar-refractivity contribution in [2.45, 2.75) is 13.0 Å². The van der Waals surface area contributed by atoms with Gasteiger partial charge >= 0.3 is 0 Å². The van der Waals surface area contributed by atoms with Crippen molar-refractivity contribution in [3.63, 3.8) is 0 Å². The van der Waals surface area contributed by atoms with E-state index >= 15 is 0 Å². The first kappa shape index (κ1) is 17.1. The fourth-order valence-electron chi connectivity index (χ4n) is 2.71. The highest BCUT2D eigenvalue weighted by Crippen LogP contribution is 2.23. The summed E-state index contributed by atoms with van der Waals surface area (Å²) < 4.78 is 13.8. The zero-order valence-corrected chi connectivity index (χ0v) is 14.7. The number of benzene rings is 3. The highest BCUT2D eigenvalue weighted by atomic mass is 32.1. The Morgan fingerprint density at radius 1 is 0.880 bits per heavy atom. The number of hydrogen-bond donors (Lipinski definition) is 2. The number of aryl methyl sites for hydroxylation is 1. The largest absolute Gasteiger partial charge is 0.352 e. The molecule has 0 heterocycles. The maximum atomic E-state index is 13.8. The van der Waals surface area contributed by atoms with Crippen molar-refractivity contribution in [2.24, 2.45) is 0 Å². The lowest BCUT2D eigenvalue weighted by atomic mass is 9.97. The normalized spacial score (nSPS) is 11.6. The third kappa shape index (κ3) is 4.43. The lowest BCUT2D eigenvalue weighted by Crippen LogP contribution is -2.33. The van der Waals surface area contributed by atoms with Crippen LogP contribution in [0.3, 0.4) is 0 Å². The molecule has 1 atom stereocenters. The summed E-state index contributed by atoms with van der Waals surface area (Å²) in [7, 11) is 0. The molecular weight excluding hydrogens is 331 g/mol. The van der Waals surface area contributed by atoms with Crippen molar-refractivity contribution in [3.05, 3.63) is 101 Å². The van der Waals surface area contributed by atoms with Crippen LogP contribution in [0.2, 0.25) is 0 Å². The molecule has 25 heavy (non-hydrogen) atoms. The van der Waals surface area contributed by atoms with Gasteiger partial charge in [0.1, 0.15) is 5.82 Å². The summed E-state index contributed by atoms with van der Waals surface area (Å²) in [5, 5.41) is 6.62. The molecule has 0 fully saturated rings. The lowest BCUT2D eigenvalue weighted by Gasteiger charge is -2.22. The SMILES string of the molecule is Cc1cccc(C(NC(=S)Nc2ccccc2F)c2ccccc2)c1. The molecule has 2 nitrogen and oxygen atoms in total. The van der Waals surface area contributed by atoms with Gasteiger partial charge in [0.25, 0.3) is 0 Å². The number of thiocarbonyl (C=S) groups is 1. The molecule has 0 bridgehead atoms. The Bertz CT molecular complexity index is 865. The highest BCUT2D eigenvalue weighted by molar-refractivity contribution is 7.80. The second-order valence-electron chi connectivity index (χ2n) is 5.84. The van der Waals surface area contributed by atoms with E-state index in [0.29, 0.717) is 10.8 Å². The predicted molar refractivity (Wildman–Crippen MR) is 105 cm³/mol. The molecule has 0 saturated carbocycles. The highest BCUT2D eigenvalue weighted by Gasteiger charge is 2.15. The number of anilines is 1. The van der Waals surface area contributed by atoms with Gasteiger partial charge in [0.05, 0.1) is 11.7 Å². The predicted octanol–water partition coefficient (Wildman–Crippen LogP) is 5.21. The van der Waals surface area contributed by atoms with E-state index in [-0.39, 0.29) is 11.9 Å². The zero-order chi connectivity index (χ0) is 17.6. The van der Waals surface area contributed by atoms with Crippen LogP contribution in [0.25, 0.3) is 0 Å². The van der Waals surface area contributed by atoms with Crippen LogP contribution in [0, 0.1) is 12.7 Å². The van der Waals surface area contributed by atoms with Gasteiger partial charge in [-0.2, -0.15) is 0 Å². The van der Waals surface area contributed by atoms with Crippen LogP contribution in [-0.4, -0.2) is 5.11 Å². The standard InChI is InChI=1S/C21H19FN2S/c1-15-8-7-11-17(14-15)20(16-9-3-2-4-10-16)24-21(25)23-19-13-6-5-12-18(19)22/h2-14,20H,1H3,(H2,23,24,25). The molecule has 0 aliphatic carbocycles. The van der Waals surface area contributed by atoms with Gasteiger partial charge in [-0.25, -0.2) is 4.39 Å². The maximum Gasteiger partial charge on any atom is 0.171 e. The first-order chi connectivity index (χ1) is 12.1. The van der Waals surface area contributed by atoms with Crippen molar-refractivity contribution in [2.75, 3.05) is 5.32 Å². The third-order valence-electron chi connectivity index (χ3n) is 3.91. The molecule has 0 aromatic heterocycles. The van der Waals surface area contributed by atoms with Gasteiger partial charge in [-0.3, -0.25) is 0 Å². The Labute approximate surface area is 152 Å². The van der Waals surface area contributed by atoms with Crippen LogP contribution in [0.1, 0.15) is 22.7 Å². The molecule has 3 rings (SSSR count). The molecule has 4 heteroatoms. The Morgan fingerprint density at radius 2 is 1.56 bits per heavy atom. The summed E-state index contributed by atoms with van der Waals surface area (Å²) in [6, 6.07) is 24.7. The average molecular weight is 350 g/mol. The van der Waals surface area contributed by atoms with E-state index in [4.69, 9.17) is 12.2 Å². The third-order valence-corrected chi connectivity index (χ3v) is 4.13. The van der Waals surface area contributed by atoms with E-state index in [1.807, 2.05) is 36.4 Å². The van der Waals surface area contributed by atoms with Gasteiger partial charge < -0.3 is 10.6 Å². The minimum Gasteiger partial charge on any atom is -0.352 e. The van der Waals surface area contributed by atoms with Crippen molar-refractivity contribution >= 4 is 23.0 Å². The van der Waals surface area contributed by atoms with E-state index < -0.39 is 0 Å². The fourth-order valence-corrected chi connectivity index (χ4v) is 2.93. The fraction of sp³-hybridized carbons (Fsp3) is 0.0952. The molecule has 2 N–H and O–H groups in total. The lowest BCUT2D eigenvalue weighted by molar-refractivity contribution is 0.632. The smallest absolute Gasteiger partial charge is 0.171 e. The van der Waals surface area contributed by atoms with Crippen molar-refractivity contribution in [1.82, 2.24) is 5.32 Å². The monoisotopic (exact) mass is 350 g/mol. The van der Waals surface area contributed by atoms with Crippen LogP contribution in [-0.2, 0) is 0 Å². The minimum absolute atomic E-state index is 0.118. The molecule has 126 valence electrons. The second kappa shape index (κ2) is 7.90. The molecule has 0 aliphatic heterocycles. The molecule has 3 aromatic carbocycles. The summed E-state index contributed by atoms with van der Waals surface area (Å²) in [6.07, 6.45) is 0. The van der Waals surface area contributed by atoms with Crippen LogP contribution >= 0.6 is 12.2 Å². The Morgan fingerprint density at radius 3 is 2.28 bits per heavy atom. The van der Waals surface area contributed by atoms with Crippen LogP contribution in [0.5, 0.6) is 0 Å². The van der Waals surface area contributed by atoms with Crippen molar-refractivity contribution in [3.8, 4) is 0 Å². The second-order valence-corrected chi connectivity index (χ2v) is 6.24. The number of para-hydroxylation sites is 1.